The molecular weight excluding hydrogens is 172 g/mol. The molecular formula is C12H20N2. The first-order valence-corrected chi connectivity index (χ1v) is 5.71. The maximum absolute atomic E-state index is 3.56. The molecule has 1 aliphatic heterocycles. The molecule has 1 aliphatic rings. The smallest absolute Gasteiger partial charge is 0.00900 e. The summed E-state index contributed by atoms with van der Waals surface area (Å²) in [5.74, 6) is 0. The van der Waals surface area contributed by atoms with Crippen LogP contribution in [0, 0.1) is 0 Å². The predicted octanol–water partition coefficient (Wildman–Crippen LogP) is 2.44. The summed E-state index contributed by atoms with van der Waals surface area (Å²) in [4.78, 5) is 3.18. The van der Waals surface area contributed by atoms with Crippen molar-refractivity contribution < 1.29 is 0 Å². The Kier molecular flexibility index (Phi) is 2.92. The van der Waals surface area contributed by atoms with Crippen LogP contribution in [-0.4, -0.2) is 18.1 Å². The Hall–Kier alpha value is -0.760. The van der Waals surface area contributed by atoms with Gasteiger partial charge in [0.05, 0.1) is 0 Å². The van der Waals surface area contributed by atoms with Gasteiger partial charge in [0.1, 0.15) is 0 Å². The number of hydrogen-bond donors (Lipinski definition) is 2. The van der Waals surface area contributed by atoms with Crippen molar-refractivity contribution in [3.63, 3.8) is 0 Å². The summed E-state index contributed by atoms with van der Waals surface area (Å²) in [5.41, 5.74) is 1.87. The zero-order valence-electron chi connectivity index (χ0n) is 8.97. The number of hydrogen-bond acceptors (Lipinski definition) is 1. The van der Waals surface area contributed by atoms with Crippen LogP contribution in [0.15, 0.2) is 18.5 Å². The lowest BCUT2D eigenvalue weighted by atomic mass is 9.76. The number of aromatic amines is 1. The normalized spacial score (nSPS) is 28.6. The first-order valence-electron chi connectivity index (χ1n) is 5.71. The standard InChI is InChI=1S/C12H20N2/c1-2-12(11-5-8-13-9-11)6-3-4-7-14-10-12/h5,8-9,13-14H,2-4,6-7,10H2,1H3. The maximum atomic E-state index is 3.56. The first kappa shape index (κ1) is 9.78. The Balaban J connectivity index is 2.23. The lowest BCUT2D eigenvalue weighted by Gasteiger charge is -2.31. The lowest BCUT2D eigenvalue weighted by Crippen LogP contribution is -2.35. The summed E-state index contributed by atoms with van der Waals surface area (Å²) in [5, 5.41) is 3.56. The molecule has 1 aromatic heterocycles. The fourth-order valence-corrected chi connectivity index (χ4v) is 2.54. The molecule has 14 heavy (non-hydrogen) atoms. The van der Waals surface area contributed by atoms with E-state index in [1.807, 2.05) is 6.20 Å². The van der Waals surface area contributed by atoms with E-state index in [9.17, 15) is 0 Å². The molecule has 1 aromatic rings. The molecule has 1 unspecified atom stereocenters. The molecule has 2 N–H and O–H groups in total. The van der Waals surface area contributed by atoms with Gasteiger partial charge in [-0.3, -0.25) is 0 Å². The van der Waals surface area contributed by atoms with Crippen molar-refractivity contribution >= 4 is 0 Å². The van der Waals surface area contributed by atoms with E-state index in [2.05, 4.69) is 29.5 Å². The van der Waals surface area contributed by atoms with Gasteiger partial charge in [-0.05, 0) is 37.4 Å². The van der Waals surface area contributed by atoms with E-state index >= 15 is 0 Å². The average molecular weight is 192 g/mol. The van der Waals surface area contributed by atoms with Crippen molar-refractivity contribution in [2.75, 3.05) is 13.1 Å². The van der Waals surface area contributed by atoms with Crippen LogP contribution in [0.1, 0.15) is 38.2 Å². The molecule has 2 nitrogen and oxygen atoms in total. The van der Waals surface area contributed by atoms with Crippen molar-refractivity contribution in [2.24, 2.45) is 0 Å². The van der Waals surface area contributed by atoms with Gasteiger partial charge in [0.25, 0.3) is 0 Å². The Bertz CT molecular complexity index is 256. The quantitative estimate of drug-likeness (QED) is 0.740. The van der Waals surface area contributed by atoms with Crippen LogP contribution in [-0.2, 0) is 5.41 Å². The highest BCUT2D eigenvalue weighted by atomic mass is 14.9. The molecule has 1 fully saturated rings. The SMILES string of the molecule is CCC1(c2cc[nH]c2)CCCCNC1. The fourth-order valence-electron chi connectivity index (χ4n) is 2.54. The molecule has 0 spiro atoms. The van der Waals surface area contributed by atoms with Crippen molar-refractivity contribution in [1.29, 1.82) is 0 Å². The maximum Gasteiger partial charge on any atom is 0.00900 e. The molecule has 2 rings (SSSR count). The lowest BCUT2D eigenvalue weighted by molar-refractivity contribution is 0.377. The predicted molar refractivity (Wildman–Crippen MR) is 59.5 cm³/mol. The van der Waals surface area contributed by atoms with E-state index in [-0.39, 0.29) is 0 Å². The summed E-state index contributed by atoms with van der Waals surface area (Å²) < 4.78 is 0. The molecule has 78 valence electrons. The van der Waals surface area contributed by atoms with Crippen molar-refractivity contribution in [2.45, 2.75) is 38.0 Å². The Labute approximate surface area is 86.1 Å². The number of nitrogens with one attached hydrogen (secondary N) is 2. The Morgan fingerprint density at radius 3 is 3.07 bits per heavy atom. The minimum Gasteiger partial charge on any atom is -0.367 e. The monoisotopic (exact) mass is 192 g/mol. The molecule has 0 amide bonds. The molecule has 2 heteroatoms. The van der Waals surface area contributed by atoms with Gasteiger partial charge in [0, 0.05) is 24.4 Å². The molecule has 0 aliphatic carbocycles. The summed E-state index contributed by atoms with van der Waals surface area (Å²) in [6.07, 6.45) is 9.44. The molecule has 0 aromatic carbocycles. The van der Waals surface area contributed by atoms with E-state index in [1.165, 1.54) is 37.8 Å². The van der Waals surface area contributed by atoms with E-state index < -0.39 is 0 Å². The summed E-state index contributed by atoms with van der Waals surface area (Å²) in [6, 6.07) is 2.23. The molecule has 1 saturated heterocycles. The van der Waals surface area contributed by atoms with Crippen molar-refractivity contribution in [3.05, 3.63) is 24.0 Å². The number of H-pyrrole nitrogens is 1. The second-order valence-electron chi connectivity index (χ2n) is 4.37. The van der Waals surface area contributed by atoms with Gasteiger partial charge in [-0.15, -0.1) is 0 Å². The highest BCUT2D eigenvalue weighted by Gasteiger charge is 2.31. The van der Waals surface area contributed by atoms with Crippen molar-refractivity contribution in [1.82, 2.24) is 10.3 Å². The second-order valence-corrected chi connectivity index (χ2v) is 4.37. The molecule has 0 bridgehead atoms. The topological polar surface area (TPSA) is 27.8 Å². The van der Waals surface area contributed by atoms with Gasteiger partial charge in [0.15, 0.2) is 0 Å². The van der Waals surface area contributed by atoms with Crippen LogP contribution in [0.3, 0.4) is 0 Å². The van der Waals surface area contributed by atoms with Gasteiger partial charge in [0.2, 0.25) is 0 Å². The Morgan fingerprint density at radius 2 is 2.36 bits per heavy atom. The summed E-state index contributed by atoms with van der Waals surface area (Å²) in [6.45, 7) is 4.63. The third-order valence-corrected chi connectivity index (χ3v) is 3.61. The van der Waals surface area contributed by atoms with Crippen LogP contribution in [0.5, 0.6) is 0 Å². The third kappa shape index (κ3) is 1.71. The van der Waals surface area contributed by atoms with E-state index in [0.717, 1.165) is 6.54 Å². The van der Waals surface area contributed by atoms with Gasteiger partial charge in [-0.2, -0.15) is 0 Å². The molecule has 1 atom stereocenters. The Morgan fingerprint density at radius 1 is 1.43 bits per heavy atom. The fraction of sp³-hybridized carbons (Fsp3) is 0.667. The van der Waals surface area contributed by atoms with Gasteiger partial charge in [-0.25, -0.2) is 0 Å². The number of aromatic nitrogens is 1. The second kappa shape index (κ2) is 4.18. The van der Waals surface area contributed by atoms with Crippen LogP contribution in [0.25, 0.3) is 0 Å². The van der Waals surface area contributed by atoms with Crippen molar-refractivity contribution in [3.8, 4) is 0 Å². The molecule has 0 saturated carbocycles. The van der Waals surface area contributed by atoms with Crippen LogP contribution in [0.4, 0.5) is 0 Å². The molecule has 2 heterocycles. The highest BCUT2D eigenvalue weighted by Crippen LogP contribution is 2.33. The zero-order chi connectivity index (χ0) is 9.86. The summed E-state index contributed by atoms with van der Waals surface area (Å²) >= 11 is 0. The van der Waals surface area contributed by atoms with Gasteiger partial charge >= 0.3 is 0 Å². The minimum atomic E-state index is 0.385. The number of rotatable bonds is 2. The van der Waals surface area contributed by atoms with Crippen LogP contribution in [0.2, 0.25) is 0 Å². The molecule has 0 radical (unpaired) electrons. The van der Waals surface area contributed by atoms with Crippen LogP contribution >= 0.6 is 0 Å². The van der Waals surface area contributed by atoms with E-state index in [0.29, 0.717) is 5.41 Å². The van der Waals surface area contributed by atoms with E-state index in [1.54, 1.807) is 0 Å². The first-order chi connectivity index (χ1) is 6.87. The largest absolute Gasteiger partial charge is 0.367 e. The van der Waals surface area contributed by atoms with E-state index in [4.69, 9.17) is 0 Å². The highest BCUT2D eigenvalue weighted by molar-refractivity contribution is 5.23. The average Bonchev–Trinajstić information content (AvgIpc) is 2.64. The summed E-state index contributed by atoms with van der Waals surface area (Å²) in [7, 11) is 0. The van der Waals surface area contributed by atoms with Gasteiger partial charge in [-0.1, -0.05) is 13.3 Å². The third-order valence-electron chi connectivity index (χ3n) is 3.61. The zero-order valence-corrected chi connectivity index (χ0v) is 8.97. The minimum absolute atomic E-state index is 0.385. The van der Waals surface area contributed by atoms with Gasteiger partial charge < -0.3 is 10.3 Å². The van der Waals surface area contributed by atoms with Crippen LogP contribution < -0.4 is 5.32 Å².